The molecule has 1 N–H and O–H groups in total. The number of carbonyl (C=O) groups excluding carboxylic acids is 2. The minimum Gasteiger partial charge on any atom is -0.342 e. The van der Waals surface area contributed by atoms with Crippen molar-refractivity contribution in [3.8, 4) is 0 Å². The normalized spacial score (nSPS) is 26.9. The number of piperazine rings is 1. The Morgan fingerprint density at radius 2 is 1.95 bits per heavy atom. The van der Waals surface area contributed by atoms with Crippen LogP contribution in [0.25, 0.3) is 0 Å². The second kappa shape index (κ2) is 6.15. The van der Waals surface area contributed by atoms with Crippen molar-refractivity contribution >= 4 is 11.8 Å². The molecule has 1 saturated carbocycles. The average Bonchev–Trinajstić information content (AvgIpc) is 2.90. The lowest BCUT2D eigenvalue weighted by Crippen LogP contribution is -2.70. The third-order valence-corrected chi connectivity index (χ3v) is 4.92. The van der Waals surface area contributed by atoms with E-state index < -0.39 is 5.54 Å². The summed E-state index contributed by atoms with van der Waals surface area (Å²) in [4.78, 5) is 27.2. The van der Waals surface area contributed by atoms with Gasteiger partial charge in [0.1, 0.15) is 11.6 Å². The highest BCUT2D eigenvalue weighted by atomic mass is 16.2. The first-order valence-corrected chi connectivity index (χ1v) is 8.17. The second-order valence-corrected chi connectivity index (χ2v) is 6.52. The van der Waals surface area contributed by atoms with Crippen LogP contribution in [0.4, 0.5) is 0 Å². The number of rotatable bonds is 5. The van der Waals surface area contributed by atoms with Gasteiger partial charge >= 0.3 is 0 Å². The SMILES string of the molecule is CCCC(C)CN1C(=O)C(CC)NC(=O)C12CCCC2. The molecule has 2 atom stereocenters. The molecule has 0 radical (unpaired) electrons. The van der Waals surface area contributed by atoms with Crippen LogP contribution >= 0.6 is 0 Å². The van der Waals surface area contributed by atoms with Crippen LogP contribution in [0.1, 0.15) is 65.7 Å². The summed E-state index contributed by atoms with van der Waals surface area (Å²) in [6.07, 6.45) is 6.68. The van der Waals surface area contributed by atoms with Gasteiger partial charge in [0.05, 0.1) is 0 Å². The summed E-state index contributed by atoms with van der Waals surface area (Å²) < 4.78 is 0. The lowest BCUT2D eigenvalue weighted by atomic mass is 9.87. The Morgan fingerprint density at radius 1 is 1.30 bits per heavy atom. The molecule has 0 aromatic heterocycles. The largest absolute Gasteiger partial charge is 0.342 e. The number of nitrogens with zero attached hydrogens (tertiary/aromatic N) is 1. The highest BCUT2D eigenvalue weighted by Gasteiger charge is 2.53. The predicted molar refractivity (Wildman–Crippen MR) is 79.2 cm³/mol. The van der Waals surface area contributed by atoms with Gasteiger partial charge in [0.25, 0.3) is 0 Å². The van der Waals surface area contributed by atoms with Gasteiger partial charge in [-0.1, -0.05) is 40.0 Å². The van der Waals surface area contributed by atoms with E-state index in [2.05, 4.69) is 19.2 Å². The van der Waals surface area contributed by atoms with Gasteiger partial charge in [0.15, 0.2) is 0 Å². The molecule has 1 aliphatic heterocycles. The molecule has 0 bridgehead atoms. The topological polar surface area (TPSA) is 49.4 Å². The first-order valence-electron chi connectivity index (χ1n) is 8.17. The van der Waals surface area contributed by atoms with Gasteiger partial charge < -0.3 is 10.2 Å². The van der Waals surface area contributed by atoms with E-state index in [-0.39, 0.29) is 17.9 Å². The standard InChI is InChI=1S/C16H28N2O2/c1-4-8-12(3)11-18-14(19)13(5-2)17-15(20)16(18)9-6-7-10-16/h12-13H,4-11H2,1-3H3,(H,17,20). The smallest absolute Gasteiger partial charge is 0.246 e. The van der Waals surface area contributed by atoms with Crippen molar-refractivity contribution in [3.63, 3.8) is 0 Å². The summed E-state index contributed by atoms with van der Waals surface area (Å²) in [6, 6.07) is -0.317. The molecule has 114 valence electrons. The summed E-state index contributed by atoms with van der Waals surface area (Å²) in [5.74, 6) is 0.687. The molecule has 4 nitrogen and oxygen atoms in total. The van der Waals surface area contributed by atoms with E-state index in [0.29, 0.717) is 12.3 Å². The third kappa shape index (κ3) is 2.57. The zero-order valence-electron chi connectivity index (χ0n) is 13.1. The second-order valence-electron chi connectivity index (χ2n) is 6.52. The Morgan fingerprint density at radius 3 is 2.50 bits per heavy atom. The van der Waals surface area contributed by atoms with Gasteiger partial charge in [-0.15, -0.1) is 0 Å². The van der Waals surface area contributed by atoms with Crippen molar-refractivity contribution in [2.24, 2.45) is 5.92 Å². The summed E-state index contributed by atoms with van der Waals surface area (Å²) >= 11 is 0. The lowest BCUT2D eigenvalue weighted by molar-refractivity contribution is -0.158. The van der Waals surface area contributed by atoms with Gasteiger partial charge in [-0.3, -0.25) is 9.59 Å². The predicted octanol–water partition coefficient (Wildman–Crippen LogP) is 2.47. The molecule has 0 aromatic rings. The quantitative estimate of drug-likeness (QED) is 0.841. The number of nitrogens with one attached hydrogen (secondary N) is 1. The molecule has 1 aliphatic carbocycles. The molecule has 2 fully saturated rings. The number of carbonyl (C=O) groups is 2. The van der Waals surface area contributed by atoms with Crippen LogP contribution in [0, 0.1) is 5.92 Å². The van der Waals surface area contributed by atoms with Crippen LogP contribution in [0.5, 0.6) is 0 Å². The van der Waals surface area contributed by atoms with Gasteiger partial charge in [-0.05, 0) is 31.6 Å². The van der Waals surface area contributed by atoms with Crippen LogP contribution < -0.4 is 5.32 Å². The third-order valence-electron chi connectivity index (χ3n) is 4.92. The van der Waals surface area contributed by atoms with E-state index >= 15 is 0 Å². The molecule has 20 heavy (non-hydrogen) atoms. The van der Waals surface area contributed by atoms with Crippen molar-refractivity contribution in [2.45, 2.75) is 77.3 Å². The van der Waals surface area contributed by atoms with Crippen molar-refractivity contribution in [2.75, 3.05) is 6.54 Å². The van der Waals surface area contributed by atoms with Crippen LogP contribution in [-0.4, -0.2) is 34.8 Å². The summed E-state index contributed by atoms with van der Waals surface area (Å²) in [5, 5.41) is 2.95. The Hall–Kier alpha value is -1.06. The molecule has 2 rings (SSSR count). The molecule has 1 spiro atoms. The fraction of sp³-hybridized carbons (Fsp3) is 0.875. The molecule has 2 amide bonds. The fourth-order valence-corrected chi connectivity index (χ4v) is 3.77. The van der Waals surface area contributed by atoms with E-state index in [1.165, 1.54) is 0 Å². The van der Waals surface area contributed by atoms with Gasteiger partial charge in [0, 0.05) is 6.54 Å². The number of amides is 2. The molecule has 2 unspecified atom stereocenters. The van der Waals surface area contributed by atoms with Crippen LogP contribution in [0.15, 0.2) is 0 Å². The van der Waals surface area contributed by atoms with E-state index in [4.69, 9.17) is 0 Å². The Balaban J connectivity index is 2.23. The fourth-order valence-electron chi connectivity index (χ4n) is 3.77. The highest BCUT2D eigenvalue weighted by Crippen LogP contribution is 2.39. The minimum atomic E-state index is -0.537. The van der Waals surface area contributed by atoms with Crippen molar-refractivity contribution < 1.29 is 9.59 Å². The van der Waals surface area contributed by atoms with Crippen molar-refractivity contribution in [1.29, 1.82) is 0 Å². The minimum absolute atomic E-state index is 0.0881. The maximum Gasteiger partial charge on any atom is 0.246 e. The molecular formula is C16H28N2O2. The highest BCUT2D eigenvalue weighted by molar-refractivity contribution is 6.00. The molecule has 1 heterocycles. The van der Waals surface area contributed by atoms with Crippen LogP contribution in [0.2, 0.25) is 0 Å². The van der Waals surface area contributed by atoms with E-state index in [1.54, 1.807) is 0 Å². The zero-order valence-corrected chi connectivity index (χ0v) is 13.1. The Labute approximate surface area is 122 Å². The number of hydrogen-bond acceptors (Lipinski definition) is 2. The van der Waals surface area contributed by atoms with Crippen LogP contribution in [0.3, 0.4) is 0 Å². The first-order chi connectivity index (χ1) is 9.55. The summed E-state index contributed by atoms with van der Waals surface area (Å²) in [5.41, 5.74) is -0.537. The van der Waals surface area contributed by atoms with Crippen molar-refractivity contribution in [1.82, 2.24) is 10.2 Å². The Bertz CT molecular complexity index is 375. The molecule has 2 aliphatic rings. The molecular weight excluding hydrogens is 252 g/mol. The summed E-state index contributed by atoms with van der Waals surface area (Å²) in [6.45, 7) is 7.05. The maximum atomic E-state index is 12.7. The number of hydrogen-bond donors (Lipinski definition) is 1. The molecule has 4 heteroatoms. The van der Waals surface area contributed by atoms with Gasteiger partial charge in [0.2, 0.25) is 11.8 Å². The maximum absolute atomic E-state index is 12.7. The lowest BCUT2D eigenvalue weighted by Gasteiger charge is -2.47. The average molecular weight is 280 g/mol. The van der Waals surface area contributed by atoms with Gasteiger partial charge in [-0.2, -0.15) is 0 Å². The zero-order chi connectivity index (χ0) is 14.8. The first kappa shape index (κ1) is 15.3. The Kier molecular flexibility index (Phi) is 4.71. The molecule has 0 aromatic carbocycles. The molecule has 1 saturated heterocycles. The van der Waals surface area contributed by atoms with E-state index in [1.807, 2.05) is 11.8 Å². The van der Waals surface area contributed by atoms with E-state index in [0.717, 1.165) is 45.1 Å². The monoisotopic (exact) mass is 280 g/mol. The van der Waals surface area contributed by atoms with Gasteiger partial charge in [-0.25, -0.2) is 0 Å². The summed E-state index contributed by atoms with van der Waals surface area (Å²) in [7, 11) is 0. The van der Waals surface area contributed by atoms with Crippen LogP contribution in [-0.2, 0) is 9.59 Å². The van der Waals surface area contributed by atoms with Crippen molar-refractivity contribution in [3.05, 3.63) is 0 Å². The van der Waals surface area contributed by atoms with E-state index in [9.17, 15) is 9.59 Å².